The highest BCUT2D eigenvalue weighted by atomic mass is 16.3. The zero-order valence-corrected chi connectivity index (χ0v) is 18.1. The molecule has 0 radical (unpaired) electrons. The quantitative estimate of drug-likeness (QED) is 0.503. The zero-order valence-electron chi connectivity index (χ0n) is 18.1. The Bertz CT molecular complexity index is 1250. The highest BCUT2D eigenvalue weighted by Crippen LogP contribution is 2.28. The van der Waals surface area contributed by atoms with E-state index < -0.39 is 0 Å². The van der Waals surface area contributed by atoms with Crippen molar-refractivity contribution in [2.24, 2.45) is 5.92 Å². The Kier molecular flexibility index (Phi) is 5.00. The minimum absolute atomic E-state index is 0.0156. The van der Waals surface area contributed by atoms with Crippen LogP contribution in [0.5, 0.6) is 0 Å². The summed E-state index contributed by atoms with van der Waals surface area (Å²) in [5, 5.41) is 3.49. The van der Waals surface area contributed by atoms with Crippen molar-refractivity contribution in [3.05, 3.63) is 42.9 Å². The van der Waals surface area contributed by atoms with Crippen molar-refractivity contribution in [1.82, 2.24) is 39.4 Å². The zero-order chi connectivity index (χ0) is 22.2. The first kappa shape index (κ1) is 20.0. The molecule has 2 atom stereocenters. The van der Waals surface area contributed by atoms with E-state index in [2.05, 4.69) is 37.2 Å². The lowest BCUT2D eigenvalue weighted by atomic mass is 10.1. The molecule has 5 rings (SSSR count). The molecule has 1 aliphatic heterocycles. The average Bonchev–Trinajstić information content (AvgIpc) is 3.53. The Hall–Kier alpha value is -3.89. The molecule has 1 aliphatic rings. The van der Waals surface area contributed by atoms with Crippen LogP contribution in [0.3, 0.4) is 0 Å². The number of hydrogen-bond acceptors (Lipinski definition) is 9. The lowest BCUT2D eigenvalue weighted by Gasteiger charge is -2.17. The van der Waals surface area contributed by atoms with Gasteiger partial charge in [0.25, 0.3) is 5.91 Å². The average molecular weight is 433 g/mol. The van der Waals surface area contributed by atoms with Gasteiger partial charge in [0.05, 0.1) is 5.56 Å². The van der Waals surface area contributed by atoms with Crippen molar-refractivity contribution < 1.29 is 9.21 Å². The van der Waals surface area contributed by atoms with Crippen LogP contribution in [0.1, 0.15) is 30.2 Å². The summed E-state index contributed by atoms with van der Waals surface area (Å²) < 4.78 is 6.97. The van der Waals surface area contributed by atoms with E-state index in [1.54, 1.807) is 17.3 Å². The normalized spacial score (nSPS) is 18.4. The molecule has 0 spiro atoms. The van der Waals surface area contributed by atoms with Gasteiger partial charge in [0.2, 0.25) is 0 Å². The number of anilines is 1. The van der Waals surface area contributed by atoms with Gasteiger partial charge in [-0.2, -0.15) is 0 Å². The van der Waals surface area contributed by atoms with Gasteiger partial charge >= 0.3 is 0 Å². The van der Waals surface area contributed by atoms with Gasteiger partial charge in [-0.3, -0.25) is 4.79 Å². The summed E-state index contributed by atoms with van der Waals surface area (Å²) >= 11 is 0. The first-order chi connectivity index (χ1) is 15.5. The minimum Gasteiger partial charge on any atom is -0.451 e. The number of carbonyl (C=O) groups excluding carboxylic acids is 1. The number of aromatic nitrogens is 7. The number of oxazole rings is 1. The van der Waals surface area contributed by atoms with E-state index >= 15 is 0 Å². The molecule has 1 amide bonds. The van der Waals surface area contributed by atoms with Crippen LogP contribution in [0.2, 0.25) is 0 Å². The summed E-state index contributed by atoms with van der Waals surface area (Å²) in [6.45, 7) is 7.83. The van der Waals surface area contributed by atoms with Crippen LogP contribution in [0.4, 0.5) is 5.82 Å². The molecule has 4 aromatic heterocycles. The van der Waals surface area contributed by atoms with Gasteiger partial charge in [-0.15, -0.1) is 0 Å². The summed E-state index contributed by atoms with van der Waals surface area (Å²) in [5.41, 5.74) is 2.55. The van der Waals surface area contributed by atoms with Gasteiger partial charge < -0.3 is 19.2 Å². The van der Waals surface area contributed by atoms with E-state index in [0.717, 1.165) is 17.0 Å². The molecule has 5 heterocycles. The maximum atomic E-state index is 12.7. The molecule has 1 saturated heterocycles. The molecule has 164 valence electrons. The van der Waals surface area contributed by atoms with E-state index in [9.17, 15) is 4.79 Å². The van der Waals surface area contributed by atoms with Crippen molar-refractivity contribution in [1.29, 1.82) is 0 Å². The molecule has 4 aromatic rings. The van der Waals surface area contributed by atoms with Crippen molar-refractivity contribution >= 4 is 22.9 Å². The first-order valence-electron chi connectivity index (χ1n) is 10.5. The summed E-state index contributed by atoms with van der Waals surface area (Å²) in [5.74, 6) is 2.17. The Morgan fingerprint density at radius 2 is 2.00 bits per heavy atom. The number of amides is 1. The molecule has 11 heteroatoms. The van der Waals surface area contributed by atoms with Crippen LogP contribution in [0.25, 0.3) is 22.6 Å². The van der Waals surface area contributed by atoms with Crippen molar-refractivity contribution in [3.63, 3.8) is 0 Å². The van der Waals surface area contributed by atoms with Crippen LogP contribution in [-0.4, -0.2) is 64.4 Å². The van der Waals surface area contributed by atoms with Crippen molar-refractivity contribution in [2.75, 3.05) is 18.4 Å². The third-order valence-corrected chi connectivity index (χ3v) is 5.76. The lowest BCUT2D eigenvalue weighted by molar-refractivity contribution is 0.0781. The van der Waals surface area contributed by atoms with Crippen molar-refractivity contribution in [3.8, 4) is 11.4 Å². The van der Waals surface area contributed by atoms with E-state index in [-0.39, 0.29) is 17.9 Å². The van der Waals surface area contributed by atoms with Crippen LogP contribution in [0.15, 0.2) is 35.8 Å². The SMILES string of the molecule is CCn1c(-c2cnc(C)nc2)nc2c(NC3CN(C(=O)c4cocn4)CC3C)ncnc21. The van der Waals surface area contributed by atoms with E-state index in [1.165, 1.54) is 19.0 Å². The number of likely N-dealkylation sites (tertiary alicyclic amines) is 1. The van der Waals surface area contributed by atoms with Crippen LogP contribution in [0, 0.1) is 12.8 Å². The molecule has 1 N–H and O–H groups in total. The largest absolute Gasteiger partial charge is 0.451 e. The maximum Gasteiger partial charge on any atom is 0.275 e. The fourth-order valence-electron chi connectivity index (χ4n) is 4.05. The van der Waals surface area contributed by atoms with Gasteiger partial charge in [-0.1, -0.05) is 6.92 Å². The summed E-state index contributed by atoms with van der Waals surface area (Å²) in [6.07, 6.45) is 7.70. The molecule has 0 bridgehead atoms. The predicted molar refractivity (Wildman–Crippen MR) is 116 cm³/mol. The number of hydrogen-bond donors (Lipinski definition) is 1. The number of nitrogens with one attached hydrogen (secondary N) is 1. The molecular formula is C21H23N9O2. The molecule has 0 saturated carbocycles. The third kappa shape index (κ3) is 3.45. The number of carbonyl (C=O) groups is 1. The topological polar surface area (TPSA) is 128 Å². The van der Waals surface area contributed by atoms with E-state index in [0.29, 0.717) is 42.5 Å². The summed E-state index contributed by atoms with van der Waals surface area (Å²) in [4.78, 5) is 40.8. The van der Waals surface area contributed by atoms with Crippen LogP contribution < -0.4 is 5.32 Å². The lowest BCUT2D eigenvalue weighted by Crippen LogP contribution is -2.32. The number of imidazole rings is 1. The fourth-order valence-corrected chi connectivity index (χ4v) is 4.05. The van der Waals surface area contributed by atoms with Gasteiger partial charge in [-0.05, 0) is 19.8 Å². The monoisotopic (exact) mass is 433 g/mol. The second-order valence-corrected chi connectivity index (χ2v) is 7.91. The maximum absolute atomic E-state index is 12.7. The molecule has 32 heavy (non-hydrogen) atoms. The second-order valence-electron chi connectivity index (χ2n) is 7.91. The van der Waals surface area contributed by atoms with Gasteiger partial charge in [0, 0.05) is 38.1 Å². The van der Waals surface area contributed by atoms with E-state index in [4.69, 9.17) is 9.40 Å². The van der Waals surface area contributed by atoms with Crippen LogP contribution >= 0.6 is 0 Å². The molecular weight excluding hydrogens is 410 g/mol. The molecule has 11 nitrogen and oxygen atoms in total. The number of aryl methyl sites for hydroxylation is 2. The number of nitrogens with zero attached hydrogens (tertiary/aromatic N) is 8. The highest BCUT2D eigenvalue weighted by molar-refractivity contribution is 5.92. The van der Waals surface area contributed by atoms with E-state index in [1.807, 2.05) is 18.4 Å². The number of rotatable bonds is 5. The summed E-state index contributed by atoms with van der Waals surface area (Å²) in [7, 11) is 0. The molecule has 2 unspecified atom stereocenters. The molecule has 0 aliphatic carbocycles. The Morgan fingerprint density at radius 1 is 1.19 bits per heavy atom. The minimum atomic E-state index is -0.139. The molecule has 1 fully saturated rings. The Balaban J connectivity index is 1.44. The van der Waals surface area contributed by atoms with Gasteiger partial charge in [-0.25, -0.2) is 29.9 Å². The highest BCUT2D eigenvalue weighted by Gasteiger charge is 2.34. The standard InChI is InChI=1S/C21H23N9O2/c1-4-30-19(14-5-22-13(3)23-6-14)28-17-18(24-10-25-20(17)30)27-15-8-29(7-12(15)2)21(31)16-9-32-11-26-16/h5-6,9-12,15H,4,7-8H2,1-3H3,(H,24,25,27). The summed E-state index contributed by atoms with van der Waals surface area (Å²) in [6, 6.07) is 0.0156. The van der Waals surface area contributed by atoms with Gasteiger partial charge in [0.1, 0.15) is 24.2 Å². The first-order valence-corrected chi connectivity index (χ1v) is 10.5. The fraction of sp³-hybridized carbons (Fsp3) is 0.381. The number of fused-ring (bicyclic) bond motifs is 1. The van der Waals surface area contributed by atoms with Gasteiger partial charge in [0.15, 0.2) is 29.1 Å². The second kappa shape index (κ2) is 7.98. The van der Waals surface area contributed by atoms with Crippen LogP contribution in [-0.2, 0) is 6.54 Å². The Labute approximate surface area is 184 Å². The van der Waals surface area contributed by atoms with Crippen molar-refractivity contribution in [2.45, 2.75) is 33.4 Å². The smallest absolute Gasteiger partial charge is 0.275 e. The third-order valence-electron chi connectivity index (χ3n) is 5.76. The predicted octanol–water partition coefficient (Wildman–Crippen LogP) is 2.17. The molecule has 0 aromatic carbocycles. The Morgan fingerprint density at radius 3 is 2.72 bits per heavy atom.